The number of amides is 1. The highest BCUT2D eigenvalue weighted by Crippen LogP contribution is 2.17. The molecule has 0 bridgehead atoms. The van der Waals surface area contributed by atoms with Crippen molar-refractivity contribution in [1.82, 2.24) is 5.32 Å². The van der Waals surface area contributed by atoms with Crippen molar-refractivity contribution in [1.29, 1.82) is 0 Å². The Kier molecular flexibility index (Phi) is 4.39. The molecule has 94 valence electrons. The number of hydrogen-bond acceptors (Lipinski definition) is 2. The highest BCUT2D eigenvalue weighted by atomic mass is 35.5. The molecule has 1 aromatic carbocycles. The minimum Gasteiger partial charge on any atom is -0.349 e. The summed E-state index contributed by atoms with van der Waals surface area (Å²) in [5, 5.41) is 5.63. The molecular weight excluding hydrogens is 266 g/mol. The molecule has 0 aliphatic rings. The van der Waals surface area contributed by atoms with Crippen LogP contribution in [0.2, 0.25) is 5.02 Å². The fourth-order valence-electron chi connectivity index (χ4n) is 1.72. The number of halogens is 1. The summed E-state index contributed by atoms with van der Waals surface area (Å²) < 4.78 is 0. The molecule has 1 atom stereocenters. The first-order valence-electron chi connectivity index (χ1n) is 5.72. The van der Waals surface area contributed by atoms with Gasteiger partial charge >= 0.3 is 0 Å². The SMILES string of the molecule is C[C@@H](NC(=O)Cc1cccs1)c1cccc(Cl)c1. The minimum atomic E-state index is -0.0313. The Balaban J connectivity index is 1.95. The zero-order valence-electron chi connectivity index (χ0n) is 10.0. The van der Waals surface area contributed by atoms with Crippen LogP contribution < -0.4 is 5.32 Å². The molecule has 2 aromatic rings. The van der Waals surface area contributed by atoms with Crippen molar-refractivity contribution in [2.45, 2.75) is 19.4 Å². The summed E-state index contributed by atoms with van der Waals surface area (Å²) >= 11 is 7.52. The lowest BCUT2D eigenvalue weighted by molar-refractivity contribution is -0.121. The first-order valence-corrected chi connectivity index (χ1v) is 6.98. The zero-order valence-corrected chi connectivity index (χ0v) is 11.6. The lowest BCUT2D eigenvalue weighted by Gasteiger charge is -2.14. The van der Waals surface area contributed by atoms with E-state index in [-0.39, 0.29) is 11.9 Å². The Morgan fingerprint density at radius 3 is 2.89 bits per heavy atom. The molecule has 0 saturated heterocycles. The van der Waals surface area contributed by atoms with Gasteiger partial charge in [0.05, 0.1) is 12.5 Å². The largest absolute Gasteiger partial charge is 0.349 e. The first-order chi connectivity index (χ1) is 8.65. The molecule has 0 saturated carbocycles. The van der Waals surface area contributed by atoms with Crippen LogP contribution in [0.3, 0.4) is 0 Å². The topological polar surface area (TPSA) is 29.1 Å². The maximum atomic E-state index is 11.8. The van der Waals surface area contributed by atoms with Gasteiger partial charge in [0.2, 0.25) is 5.91 Å². The molecule has 1 N–H and O–H groups in total. The van der Waals surface area contributed by atoms with Gasteiger partial charge in [-0.3, -0.25) is 4.79 Å². The summed E-state index contributed by atoms with van der Waals surface area (Å²) in [5.74, 6) is 0.0323. The predicted octanol–water partition coefficient (Wildman–Crippen LogP) is 3.82. The van der Waals surface area contributed by atoms with Crippen molar-refractivity contribution in [3.8, 4) is 0 Å². The minimum absolute atomic E-state index is 0.0313. The van der Waals surface area contributed by atoms with Crippen molar-refractivity contribution in [3.05, 3.63) is 57.2 Å². The van der Waals surface area contributed by atoms with E-state index in [1.165, 1.54) is 0 Å². The summed E-state index contributed by atoms with van der Waals surface area (Å²) in [4.78, 5) is 12.9. The molecule has 2 rings (SSSR count). The fraction of sp³-hybridized carbons (Fsp3) is 0.214. The van der Waals surface area contributed by atoms with E-state index < -0.39 is 0 Å². The van der Waals surface area contributed by atoms with Gasteiger partial charge < -0.3 is 5.32 Å². The van der Waals surface area contributed by atoms with Gasteiger partial charge in [0.15, 0.2) is 0 Å². The summed E-state index contributed by atoms with van der Waals surface area (Å²) in [6, 6.07) is 11.4. The molecule has 0 aliphatic carbocycles. The number of rotatable bonds is 4. The molecule has 0 unspecified atom stereocenters. The van der Waals surface area contributed by atoms with Crippen LogP contribution in [0.15, 0.2) is 41.8 Å². The number of benzene rings is 1. The van der Waals surface area contributed by atoms with Gasteiger partial charge in [0.1, 0.15) is 0 Å². The third-order valence-electron chi connectivity index (χ3n) is 2.64. The third kappa shape index (κ3) is 3.59. The van der Waals surface area contributed by atoms with Gasteiger partial charge in [-0.15, -0.1) is 11.3 Å². The molecule has 4 heteroatoms. The van der Waals surface area contributed by atoms with Gasteiger partial charge in [0, 0.05) is 9.90 Å². The molecule has 0 spiro atoms. The van der Waals surface area contributed by atoms with Gasteiger partial charge in [-0.1, -0.05) is 29.8 Å². The molecule has 1 heterocycles. The standard InChI is InChI=1S/C14H14ClNOS/c1-10(11-4-2-5-12(15)8-11)16-14(17)9-13-6-3-7-18-13/h2-8,10H,9H2,1H3,(H,16,17)/t10-/m1/s1. The molecular formula is C14H14ClNOS. The molecule has 0 aliphatic heterocycles. The van der Waals surface area contributed by atoms with Crippen molar-refractivity contribution >= 4 is 28.8 Å². The average molecular weight is 280 g/mol. The highest BCUT2D eigenvalue weighted by Gasteiger charge is 2.10. The van der Waals surface area contributed by atoms with Crippen LogP contribution in [0.4, 0.5) is 0 Å². The van der Waals surface area contributed by atoms with E-state index in [0.717, 1.165) is 10.4 Å². The summed E-state index contributed by atoms with van der Waals surface area (Å²) in [7, 11) is 0. The monoisotopic (exact) mass is 279 g/mol. The second-order valence-corrected chi connectivity index (χ2v) is 5.57. The van der Waals surface area contributed by atoms with E-state index in [4.69, 9.17) is 11.6 Å². The van der Waals surface area contributed by atoms with Crippen molar-refractivity contribution in [2.75, 3.05) is 0 Å². The van der Waals surface area contributed by atoms with Crippen LogP contribution in [0.5, 0.6) is 0 Å². The van der Waals surface area contributed by atoms with E-state index in [0.29, 0.717) is 11.4 Å². The Labute approximate surface area is 116 Å². The van der Waals surface area contributed by atoms with Crippen LogP contribution >= 0.6 is 22.9 Å². The maximum absolute atomic E-state index is 11.8. The van der Waals surface area contributed by atoms with Crippen LogP contribution in [0.25, 0.3) is 0 Å². The second-order valence-electron chi connectivity index (χ2n) is 4.10. The van der Waals surface area contributed by atoms with Gasteiger partial charge in [-0.2, -0.15) is 0 Å². The first kappa shape index (κ1) is 13.1. The van der Waals surface area contributed by atoms with Crippen LogP contribution in [-0.4, -0.2) is 5.91 Å². The van der Waals surface area contributed by atoms with Crippen LogP contribution in [0.1, 0.15) is 23.4 Å². The van der Waals surface area contributed by atoms with Crippen molar-refractivity contribution in [3.63, 3.8) is 0 Å². The molecule has 0 radical (unpaired) electrons. The average Bonchev–Trinajstić information content (AvgIpc) is 2.81. The Hall–Kier alpha value is -1.32. The Morgan fingerprint density at radius 1 is 1.39 bits per heavy atom. The third-order valence-corrected chi connectivity index (χ3v) is 3.75. The molecule has 1 aromatic heterocycles. The highest BCUT2D eigenvalue weighted by molar-refractivity contribution is 7.10. The van der Waals surface area contributed by atoms with Crippen LogP contribution in [0, 0.1) is 0 Å². The number of nitrogens with one attached hydrogen (secondary N) is 1. The summed E-state index contributed by atoms with van der Waals surface area (Å²) in [5.41, 5.74) is 1.02. The summed E-state index contributed by atoms with van der Waals surface area (Å²) in [6.07, 6.45) is 0.433. The lowest BCUT2D eigenvalue weighted by atomic mass is 10.1. The van der Waals surface area contributed by atoms with E-state index in [9.17, 15) is 4.79 Å². The summed E-state index contributed by atoms with van der Waals surface area (Å²) in [6.45, 7) is 1.96. The van der Waals surface area contributed by atoms with E-state index in [1.54, 1.807) is 11.3 Å². The molecule has 1 amide bonds. The number of hydrogen-bond donors (Lipinski definition) is 1. The van der Waals surface area contributed by atoms with Gasteiger partial charge in [-0.05, 0) is 36.1 Å². The van der Waals surface area contributed by atoms with E-state index in [1.807, 2.05) is 48.7 Å². The fourth-order valence-corrected chi connectivity index (χ4v) is 2.63. The van der Waals surface area contributed by atoms with Crippen LogP contribution in [-0.2, 0) is 11.2 Å². The molecule has 0 fully saturated rings. The zero-order chi connectivity index (χ0) is 13.0. The quantitative estimate of drug-likeness (QED) is 0.906. The predicted molar refractivity (Wildman–Crippen MR) is 76.0 cm³/mol. The number of thiophene rings is 1. The smallest absolute Gasteiger partial charge is 0.225 e. The Bertz CT molecular complexity index is 524. The van der Waals surface area contributed by atoms with Gasteiger partial charge in [-0.25, -0.2) is 0 Å². The van der Waals surface area contributed by atoms with E-state index in [2.05, 4.69) is 5.32 Å². The number of carbonyl (C=O) groups excluding carboxylic acids is 1. The van der Waals surface area contributed by atoms with Crippen molar-refractivity contribution < 1.29 is 4.79 Å². The van der Waals surface area contributed by atoms with Crippen molar-refractivity contribution in [2.24, 2.45) is 0 Å². The normalized spacial score (nSPS) is 12.1. The van der Waals surface area contributed by atoms with E-state index >= 15 is 0 Å². The maximum Gasteiger partial charge on any atom is 0.225 e. The number of carbonyl (C=O) groups is 1. The lowest BCUT2D eigenvalue weighted by Crippen LogP contribution is -2.27. The van der Waals surface area contributed by atoms with Gasteiger partial charge in [0.25, 0.3) is 0 Å². The molecule has 2 nitrogen and oxygen atoms in total. The Morgan fingerprint density at radius 2 is 2.22 bits per heavy atom. The molecule has 18 heavy (non-hydrogen) atoms. The second kappa shape index (κ2) is 6.03.